The number of hydrogen-bond acceptors (Lipinski definition) is 13. The molecule has 2 aromatic carbocycles. The van der Waals surface area contributed by atoms with Gasteiger partial charge in [-0.3, -0.25) is 9.59 Å². The highest BCUT2D eigenvalue weighted by molar-refractivity contribution is 5.96. The van der Waals surface area contributed by atoms with Crippen LogP contribution in [0, 0.1) is 23.7 Å². The number of esters is 2. The van der Waals surface area contributed by atoms with Crippen molar-refractivity contribution >= 4 is 36.0 Å². The number of ether oxygens (including phenoxy) is 6. The van der Waals surface area contributed by atoms with Gasteiger partial charge >= 0.3 is 30.1 Å². The van der Waals surface area contributed by atoms with Crippen LogP contribution in [0.25, 0.3) is 0 Å². The third kappa shape index (κ3) is 27.8. The second-order valence-corrected chi connectivity index (χ2v) is 14.6. The Labute approximate surface area is 359 Å². The molecule has 17 nitrogen and oxygen atoms in total. The molecule has 0 radical (unpaired) electrons. The number of carboxylic acid groups (broad SMARTS) is 1. The summed E-state index contributed by atoms with van der Waals surface area (Å²) >= 11 is 0. The molecule has 0 aliphatic rings. The number of nitrogens with one attached hydrogen (secondary N) is 3. The third-order valence-corrected chi connectivity index (χ3v) is 7.19. The Morgan fingerprint density at radius 1 is 0.656 bits per heavy atom. The highest BCUT2D eigenvalue weighted by Gasteiger charge is 2.23. The molecule has 0 bridgehead atoms. The van der Waals surface area contributed by atoms with Crippen molar-refractivity contribution in [3.05, 3.63) is 59.7 Å². The van der Waals surface area contributed by atoms with Gasteiger partial charge in [-0.1, -0.05) is 11.8 Å². The number of hydrogen-bond donors (Lipinski definition) is 5. The second kappa shape index (κ2) is 29.7. The molecule has 0 aliphatic carbocycles. The summed E-state index contributed by atoms with van der Waals surface area (Å²) in [6.45, 7) is 15.4. The Morgan fingerprint density at radius 2 is 1.07 bits per heavy atom. The standard InChI is InChI=1S/C22H30N2O6.C11H22N2O4.C11H10O3/c1-6-7-15-29-17-12-10-16(11-13-17)19(25)24-18(20(26)28-5)9-8-14-23-21(27)30-22(2,3)4;1-11(2,3)17-10(15)13-7-5-6-8(12)9(14)16-4;1-2-3-8-14-10-6-4-9(5-7-10)11(12)13/h10-13,18H,8-9,14-15H2,1-5H3,(H,23,27)(H,24,25);8H,5-7,12H2,1-4H3,(H,13,15);4-7H,8H2,1H3,(H,12,13)/t18-;8-;/m00./s1. The summed E-state index contributed by atoms with van der Waals surface area (Å²) < 4.78 is 30.1. The summed E-state index contributed by atoms with van der Waals surface area (Å²) in [4.78, 5) is 68.9. The summed E-state index contributed by atoms with van der Waals surface area (Å²) in [5, 5.41) is 16.5. The van der Waals surface area contributed by atoms with E-state index in [4.69, 9.17) is 34.5 Å². The fourth-order valence-electron chi connectivity index (χ4n) is 4.32. The van der Waals surface area contributed by atoms with E-state index in [1.54, 1.807) is 91.8 Å². The van der Waals surface area contributed by atoms with Crippen LogP contribution in [0.3, 0.4) is 0 Å². The van der Waals surface area contributed by atoms with E-state index in [-0.39, 0.29) is 12.2 Å². The van der Waals surface area contributed by atoms with Gasteiger partial charge in [-0.05, 0) is 130 Å². The molecule has 3 amide bonds. The minimum atomic E-state index is -0.940. The van der Waals surface area contributed by atoms with E-state index in [1.165, 1.54) is 26.4 Å². The topological polar surface area (TPSA) is 240 Å². The van der Waals surface area contributed by atoms with Crippen LogP contribution in [0.15, 0.2) is 48.5 Å². The predicted molar refractivity (Wildman–Crippen MR) is 228 cm³/mol. The Hall–Kier alpha value is -6.46. The Kier molecular flexibility index (Phi) is 26.6. The van der Waals surface area contributed by atoms with Crippen molar-refractivity contribution in [2.75, 3.05) is 40.5 Å². The van der Waals surface area contributed by atoms with Crippen molar-refractivity contribution in [2.45, 2.75) is 104 Å². The Balaban J connectivity index is 0.000000978. The second-order valence-electron chi connectivity index (χ2n) is 14.6. The SMILES string of the molecule is CC#CCOc1ccc(C(=O)N[C@@H](CCCNC(=O)OC(C)(C)C)C(=O)OC)cc1.CC#CCOc1ccc(C(=O)O)cc1.COC(=O)[C@@H](N)CCCNC(=O)OC(C)(C)C. The third-order valence-electron chi connectivity index (χ3n) is 7.19. The summed E-state index contributed by atoms with van der Waals surface area (Å²) in [6, 6.07) is 11.3. The van der Waals surface area contributed by atoms with E-state index in [9.17, 15) is 28.8 Å². The normalized spacial score (nSPS) is 11.1. The van der Waals surface area contributed by atoms with Gasteiger partial charge in [-0.15, -0.1) is 11.8 Å². The lowest BCUT2D eigenvalue weighted by Gasteiger charge is -2.20. The van der Waals surface area contributed by atoms with E-state index in [1.807, 2.05) is 0 Å². The first-order valence-electron chi connectivity index (χ1n) is 19.3. The van der Waals surface area contributed by atoms with Gasteiger partial charge in [0.05, 0.1) is 19.8 Å². The van der Waals surface area contributed by atoms with Gasteiger partial charge in [0.25, 0.3) is 5.91 Å². The highest BCUT2D eigenvalue weighted by Crippen LogP contribution is 2.14. The first kappa shape index (κ1) is 54.5. The molecular weight excluding hydrogens is 792 g/mol. The zero-order chi connectivity index (χ0) is 46.4. The number of alkyl carbamates (subject to hydrolysis) is 2. The molecule has 61 heavy (non-hydrogen) atoms. The van der Waals surface area contributed by atoms with Crippen LogP contribution in [0.4, 0.5) is 9.59 Å². The number of carbonyl (C=O) groups excluding carboxylic acids is 5. The van der Waals surface area contributed by atoms with Crippen molar-refractivity contribution in [3.8, 4) is 35.2 Å². The van der Waals surface area contributed by atoms with Crippen LogP contribution in [0.5, 0.6) is 11.5 Å². The fourth-order valence-corrected chi connectivity index (χ4v) is 4.32. The predicted octanol–water partition coefficient (Wildman–Crippen LogP) is 5.24. The molecule has 17 heteroatoms. The van der Waals surface area contributed by atoms with Crippen LogP contribution in [0.1, 0.15) is 102 Å². The van der Waals surface area contributed by atoms with Crippen LogP contribution in [-0.4, -0.2) is 105 Å². The Morgan fingerprint density at radius 3 is 1.44 bits per heavy atom. The summed E-state index contributed by atoms with van der Waals surface area (Å²) in [7, 11) is 2.55. The lowest BCUT2D eigenvalue weighted by Crippen LogP contribution is -2.42. The fraction of sp³-hybridized carbons (Fsp3) is 0.500. The highest BCUT2D eigenvalue weighted by atomic mass is 16.6. The number of benzene rings is 2. The number of carboxylic acids is 1. The van der Waals surface area contributed by atoms with Gasteiger partial charge in [-0.2, -0.15) is 0 Å². The maximum Gasteiger partial charge on any atom is 0.407 e. The molecule has 2 atom stereocenters. The molecule has 2 rings (SSSR count). The van der Waals surface area contributed by atoms with E-state index in [0.29, 0.717) is 62.4 Å². The van der Waals surface area contributed by atoms with Gasteiger partial charge < -0.3 is 55.2 Å². The van der Waals surface area contributed by atoms with E-state index in [0.717, 1.165) is 0 Å². The van der Waals surface area contributed by atoms with Crippen molar-refractivity contribution in [1.29, 1.82) is 0 Å². The Bertz CT molecular complexity index is 1800. The average molecular weight is 855 g/mol. The van der Waals surface area contributed by atoms with E-state index >= 15 is 0 Å². The van der Waals surface area contributed by atoms with Crippen LogP contribution in [0.2, 0.25) is 0 Å². The zero-order valence-corrected chi connectivity index (χ0v) is 36.9. The first-order valence-corrected chi connectivity index (χ1v) is 19.3. The largest absolute Gasteiger partial charge is 0.481 e. The zero-order valence-electron chi connectivity index (χ0n) is 36.9. The monoisotopic (exact) mass is 854 g/mol. The first-order chi connectivity index (χ1) is 28.7. The van der Waals surface area contributed by atoms with Crippen LogP contribution >= 0.6 is 0 Å². The van der Waals surface area contributed by atoms with Crippen LogP contribution in [-0.2, 0) is 28.5 Å². The average Bonchev–Trinajstić information content (AvgIpc) is 3.19. The number of carbonyl (C=O) groups is 6. The van der Waals surface area contributed by atoms with Crippen molar-refractivity contribution in [1.82, 2.24) is 16.0 Å². The summed E-state index contributed by atoms with van der Waals surface area (Å²) in [6.07, 6.45) is 0.797. The van der Waals surface area contributed by atoms with Crippen molar-refractivity contribution in [3.63, 3.8) is 0 Å². The summed E-state index contributed by atoms with van der Waals surface area (Å²) in [5.74, 6) is 9.82. The van der Waals surface area contributed by atoms with Crippen molar-refractivity contribution in [2.24, 2.45) is 5.73 Å². The maximum absolute atomic E-state index is 12.5. The molecule has 6 N–H and O–H groups in total. The molecule has 0 unspecified atom stereocenters. The van der Waals surface area contributed by atoms with Gasteiger partial charge in [-0.25, -0.2) is 19.2 Å². The minimum absolute atomic E-state index is 0.249. The minimum Gasteiger partial charge on any atom is -0.481 e. The number of amides is 3. The summed E-state index contributed by atoms with van der Waals surface area (Å²) in [5.41, 5.74) is 5.06. The maximum atomic E-state index is 12.5. The van der Waals surface area contributed by atoms with E-state index in [2.05, 4.69) is 44.4 Å². The molecule has 336 valence electrons. The van der Waals surface area contributed by atoms with Gasteiger partial charge in [0, 0.05) is 18.7 Å². The molecule has 0 saturated heterocycles. The molecule has 0 fully saturated rings. The molecule has 0 saturated carbocycles. The van der Waals surface area contributed by atoms with Gasteiger partial charge in [0.15, 0.2) is 0 Å². The van der Waals surface area contributed by atoms with Crippen molar-refractivity contribution < 1.29 is 62.3 Å². The van der Waals surface area contributed by atoms with E-state index < -0.39 is 59.3 Å². The molecule has 0 aliphatic heterocycles. The quantitative estimate of drug-likeness (QED) is 0.0592. The number of rotatable bonds is 17. The number of nitrogens with two attached hydrogens (primary N) is 1. The van der Waals surface area contributed by atoms with Gasteiger partial charge in [0.1, 0.15) is 48.0 Å². The molecular formula is C44H62N4O13. The molecule has 0 heterocycles. The van der Waals surface area contributed by atoms with Crippen LogP contribution < -0.4 is 31.2 Å². The lowest BCUT2D eigenvalue weighted by atomic mass is 10.1. The lowest BCUT2D eigenvalue weighted by molar-refractivity contribution is -0.143. The van der Waals surface area contributed by atoms with Gasteiger partial charge in [0.2, 0.25) is 0 Å². The molecule has 0 spiro atoms. The molecule has 0 aromatic heterocycles. The smallest absolute Gasteiger partial charge is 0.407 e. The number of methoxy groups -OCH3 is 2. The number of aromatic carboxylic acids is 1. The molecule has 2 aromatic rings.